The largest absolute Gasteiger partial charge is 0.444 e. The zero-order valence-corrected chi connectivity index (χ0v) is 52.8. The molecule has 2 aromatic heterocycles. The standard InChI is InChI=1S/C90H57B2N5/c1-7-24-58(25-8-1)62-42-46-80-72(50-62)73-51-63(59-26-9-2-10-27-59)43-47-81(73)95(80)68-54-76-70-36-23-37-71-77-55-69(96-82-48-44-64(60-28-11-3-12-29-60)52-74(82)75-53-65(45-49-83(75)96)61-30-13-4-14-31-61)57-87-89(77)92(79-39-20-22-41-85(79)94(87)67-34-17-6-18-35-67)97(90(70)71)91-78-38-19-21-40-84(78)93(86(56-68)88(76)91)66-32-15-5-16-33-66/h1-57H. The molecule has 0 atom stereocenters. The minimum absolute atomic E-state index is 0.194. The van der Waals surface area contributed by atoms with Gasteiger partial charge in [-0.3, -0.25) is 0 Å². The van der Waals surface area contributed by atoms with E-state index in [4.69, 9.17) is 0 Å². The van der Waals surface area contributed by atoms with Crippen LogP contribution in [-0.4, -0.2) is 22.8 Å². The summed E-state index contributed by atoms with van der Waals surface area (Å²) in [5.74, 6) is 0. The van der Waals surface area contributed by atoms with Crippen LogP contribution in [0, 0.1) is 0 Å². The second-order valence-electron chi connectivity index (χ2n) is 26.3. The normalized spacial score (nSPS) is 13.1. The Bertz CT molecular complexity index is 5530. The Balaban J connectivity index is 0.862. The van der Waals surface area contributed by atoms with E-state index in [-0.39, 0.29) is 13.7 Å². The predicted octanol–water partition coefficient (Wildman–Crippen LogP) is 20.5. The fraction of sp³-hybridized carbons (Fsp3) is 0. The maximum atomic E-state index is 2.86. The molecule has 6 heterocycles. The molecule has 0 N–H and O–H groups in total. The first kappa shape index (κ1) is 53.9. The molecular weight excluding hydrogens is 1170 g/mol. The molecule has 7 heteroatoms. The van der Waals surface area contributed by atoms with E-state index in [0.717, 1.165) is 44.8 Å². The van der Waals surface area contributed by atoms with E-state index in [1.165, 1.54) is 139 Å². The number of benzene rings is 15. The summed E-state index contributed by atoms with van der Waals surface area (Å²) < 4.78 is 7.95. The molecule has 5 nitrogen and oxygen atoms in total. The van der Waals surface area contributed by atoms with Crippen LogP contribution in [0.15, 0.2) is 346 Å². The Morgan fingerprint density at radius 3 is 0.856 bits per heavy atom. The number of aromatic nitrogens is 2. The highest BCUT2D eigenvalue weighted by molar-refractivity contribution is 7.09. The van der Waals surface area contributed by atoms with Crippen LogP contribution in [0.5, 0.6) is 0 Å². The van der Waals surface area contributed by atoms with Crippen LogP contribution >= 0.6 is 0 Å². The highest BCUT2D eigenvalue weighted by atomic mass is 15.2. The van der Waals surface area contributed by atoms with Gasteiger partial charge in [-0.25, -0.2) is 0 Å². The molecule has 97 heavy (non-hydrogen) atoms. The maximum absolute atomic E-state index is 2.86. The van der Waals surface area contributed by atoms with Gasteiger partial charge in [0, 0.05) is 83.9 Å². The number of hydrogen-bond donors (Lipinski definition) is 0. The average Bonchev–Trinajstić information content (AvgIpc) is 1.08. The van der Waals surface area contributed by atoms with Crippen molar-refractivity contribution in [3.8, 4) is 78.1 Å². The van der Waals surface area contributed by atoms with E-state index in [1.807, 2.05) is 0 Å². The van der Waals surface area contributed by atoms with Crippen molar-refractivity contribution in [1.82, 2.24) is 9.13 Å². The van der Waals surface area contributed by atoms with Gasteiger partial charge in [0.15, 0.2) is 0 Å². The van der Waals surface area contributed by atoms with Gasteiger partial charge in [0.05, 0.1) is 22.1 Å². The minimum atomic E-state index is -0.194. The molecule has 0 radical (unpaired) electrons. The van der Waals surface area contributed by atoms with Crippen LogP contribution in [0.3, 0.4) is 0 Å². The first-order valence-electron chi connectivity index (χ1n) is 33.7. The number of nitrogens with zero attached hydrogens (tertiary/aromatic N) is 5. The molecular formula is C90H57B2N5. The Labute approximate surface area is 563 Å². The number of hydrogen-bond acceptors (Lipinski definition) is 3. The molecule has 0 saturated carbocycles. The summed E-state index contributed by atoms with van der Waals surface area (Å²) in [7, 11) is 0. The Hall–Kier alpha value is -12.6. The van der Waals surface area contributed by atoms with Crippen molar-refractivity contribution in [2.24, 2.45) is 0 Å². The lowest BCUT2D eigenvalue weighted by Crippen LogP contribution is -2.74. The molecule has 0 bridgehead atoms. The number of fused-ring (bicyclic) bond motifs is 14. The fourth-order valence-corrected chi connectivity index (χ4v) is 17.1. The smallest absolute Gasteiger partial charge is 0.316 e. The van der Waals surface area contributed by atoms with Crippen molar-refractivity contribution in [2.45, 2.75) is 0 Å². The van der Waals surface area contributed by atoms with E-state index >= 15 is 0 Å². The molecule has 15 aromatic carbocycles. The number of rotatable bonds is 8. The Morgan fingerprint density at radius 2 is 0.515 bits per heavy atom. The molecule has 17 aromatic rings. The van der Waals surface area contributed by atoms with E-state index in [0.29, 0.717) is 0 Å². The summed E-state index contributed by atoms with van der Waals surface area (Å²) in [5.41, 5.74) is 34.6. The van der Waals surface area contributed by atoms with Gasteiger partial charge < -0.3 is 23.7 Å². The second kappa shape index (κ2) is 21.0. The third-order valence-corrected chi connectivity index (χ3v) is 21.2. The van der Waals surface area contributed by atoms with Crippen LogP contribution in [0.25, 0.3) is 122 Å². The lowest BCUT2D eigenvalue weighted by molar-refractivity contribution is 1.17. The maximum Gasteiger partial charge on any atom is 0.316 e. The summed E-state index contributed by atoms with van der Waals surface area (Å²) in [4.78, 5) is 5.10. The molecule has 21 rings (SSSR count). The number of para-hydroxylation sites is 5. The van der Waals surface area contributed by atoms with Gasteiger partial charge in [0.25, 0.3) is 0 Å². The van der Waals surface area contributed by atoms with Gasteiger partial charge in [-0.1, -0.05) is 237 Å². The third kappa shape index (κ3) is 7.97. The molecule has 448 valence electrons. The van der Waals surface area contributed by atoms with E-state index < -0.39 is 0 Å². The van der Waals surface area contributed by atoms with Gasteiger partial charge >= 0.3 is 13.7 Å². The first-order valence-corrected chi connectivity index (χ1v) is 33.7. The predicted molar refractivity (Wildman–Crippen MR) is 410 cm³/mol. The Kier molecular flexibility index (Phi) is 11.6. The topological polar surface area (TPSA) is 19.6 Å². The molecule has 0 spiro atoms. The lowest BCUT2D eigenvalue weighted by atomic mass is 9.32. The summed E-state index contributed by atoms with van der Waals surface area (Å²) in [6.07, 6.45) is 0. The molecule has 0 unspecified atom stereocenters. The monoisotopic (exact) mass is 1230 g/mol. The van der Waals surface area contributed by atoms with Crippen molar-refractivity contribution >= 4 is 119 Å². The van der Waals surface area contributed by atoms with E-state index in [1.54, 1.807) is 0 Å². The lowest BCUT2D eigenvalue weighted by Gasteiger charge is -2.53. The van der Waals surface area contributed by atoms with Gasteiger partial charge in [0.1, 0.15) is 0 Å². The highest BCUT2D eigenvalue weighted by Gasteiger charge is 2.54. The molecule has 0 aliphatic carbocycles. The van der Waals surface area contributed by atoms with Crippen molar-refractivity contribution < 1.29 is 0 Å². The molecule has 0 fully saturated rings. The van der Waals surface area contributed by atoms with E-state index in [9.17, 15) is 0 Å². The molecule has 4 aliphatic heterocycles. The average molecular weight is 1230 g/mol. The molecule has 0 saturated heterocycles. The van der Waals surface area contributed by atoms with Gasteiger partial charge in [-0.05, 0) is 187 Å². The van der Waals surface area contributed by atoms with Crippen LogP contribution in [-0.2, 0) is 0 Å². The second-order valence-corrected chi connectivity index (χ2v) is 26.3. The van der Waals surface area contributed by atoms with Gasteiger partial charge in [-0.15, -0.1) is 0 Å². The van der Waals surface area contributed by atoms with Gasteiger partial charge in [0.2, 0.25) is 0 Å². The van der Waals surface area contributed by atoms with Crippen LogP contribution in [0.4, 0.5) is 39.8 Å². The van der Waals surface area contributed by atoms with Gasteiger partial charge in [-0.2, -0.15) is 0 Å². The zero-order chi connectivity index (χ0) is 63.4. The van der Waals surface area contributed by atoms with Crippen LogP contribution in [0.2, 0.25) is 0 Å². The highest BCUT2D eigenvalue weighted by Crippen LogP contribution is 2.54. The molecule has 0 amide bonds. The summed E-state index contributed by atoms with van der Waals surface area (Å²) in [6.45, 7) is -0.387. The number of anilines is 7. The summed E-state index contributed by atoms with van der Waals surface area (Å²) in [6, 6.07) is 129. The van der Waals surface area contributed by atoms with E-state index in [2.05, 4.69) is 369 Å². The van der Waals surface area contributed by atoms with Crippen LogP contribution in [0.1, 0.15) is 0 Å². The van der Waals surface area contributed by atoms with Crippen molar-refractivity contribution in [2.75, 3.05) is 14.5 Å². The van der Waals surface area contributed by atoms with Crippen LogP contribution < -0.4 is 36.4 Å². The summed E-state index contributed by atoms with van der Waals surface area (Å²) >= 11 is 0. The quantitative estimate of drug-likeness (QED) is 0.141. The third-order valence-electron chi connectivity index (χ3n) is 21.2. The first-order chi connectivity index (χ1) is 48.1. The van der Waals surface area contributed by atoms with Crippen molar-refractivity contribution in [3.63, 3.8) is 0 Å². The SMILES string of the molecule is c1ccc(-c2ccc3c(c2)c2cc(-c4ccccc4)ccc2n3-c2cc3c4c(c2)N(c2ccccc2)c2ccccc2B4N2B4c5ccccc5N(c5ccccc5)c5cc(-n6c7ccc(-c8ccccc8)cc7c7cc(-c8ccccc8)ccc76)cc(c54)-c4cccc-3c42)cc1. The summed E-state index contributed by atoms with van der Waals surface area (Å²) in [5, 5.41) is 4.86. The van der Waals surface area contributed by atoms with Crippen molar-refractivity contribution in [3.05, 3.63) is 346 Å². The van der Waals surface area contributed by atoms with Crippen molar-refractivity contribution in [1.29, 1.82) is 0 Å². The zero-order valence-electron chi connectivity index (χ0n) is 52.8. The minimum Gasteiger partial charge on any atom is -0.444 e. The fourth-order valence-electron chi connectivity index (χ4n) is 17.1. The Morgan fingerprint density at radius 1 is 0.206 bits per heavy atom. The molecule has 4 aliphatic rings.